The number of carbonyl (C=O) groups is 1. The van der Waals surface area contributed by atoms with Gasteiger partial charge in [-0.3, -0.25) is 4.79 Å². The third-order valence-corrected chi connectivity index (χ3v) is 4.99. The molecule has 4 rings (SSSR count). The number of hydrogen-bond donors (Lipinski definition) is 1. The van der Waals surface area contributed by atoms with E-state index < -0.39 is 0 Å². The molecule has 1 N–H and O–H groups in total. The van der Waals surface area contributed by atoms with E-state index in [9.17, 15) is 13.6 Å². The van der Waals surface area contributed by atoms with Crippen molar-refractivity contribution in [3.05, 3.63) is 59.8 Å². The summed E-state index contributed by atoms with van der Waals surface area (Å²) in [5.74, 6) is -0.459. The van der Waals surface area contributed by atoms with Gasteiger partial charge in [-0.05, 0) is 55.2 Å². The Bertz CT molecular complexity index is 975. The molecular formula is C21H20F2N2O. The number of benzene rings is 2. The summed E-state index contributed by atoms with van der Waals surface area (Å²) >= 11 is 0. The van der Waals surface area contributed by atoms with Crippen molar-refractivity contribution >= 4 is 16.8 Å². The lowest BCUT2D eigenvalue weighted by Crippen LogP contribution is -2.31. The molecule has 1 aliphatic carbocycles. The Labute approximate surface area is 150 Å². The van der Waals surface area contributed by atoms with Crippen molar-refractivity contribution in [3.63, 3.8) is 0 Å². The molecule has 0 bridgehead atoms. The minimum Gasteiger partial charge on any atom is -0.360 e. The molecule has 26 heavy (non-hydrogen) atoms. The first-order valence-corrected chi connectivity index (χ1v) is 8.91. The highest BCUT2D eigenvalue weighted by Crippen LogP contribution is 2.35. The monoisotopic (exact) mass is 354 g/mol. The van der Waals surface area contributed by atoms with Gasteiger partial charge in [0.25, 0.3) is 0 Å². The molecule has 3 nitrogen and oxygen atoms in total. The third kappa shape index (κ3) is 2.98. The van der Waals surface area contributed by atoms with Crippen LogP contribution in [-0.4, -0.2) is 22.3 Å². The van der Waals surface area contributed by atoms with E-state index in [1.165, 1.54) is 18.2 Å². The lowest BCUT2D eigenvalue weighted by Gasteiger charge is -2.22. The number of rotatable bonds is 5. The molecule has 1 amide bonds. The van der Waals surface area contributed by atoms with Crippen molar-refractivity contribution in [3.8, 4) is 11.1 Å². The maximum absolute atomic E-state index is 14.4. The van der Waals surface area contributed by atoms with Crippen LogP contribution in [-0.2, 0) is 11.3 Å². The zero-order chi connectivity index (χ0) is 18.3. The molecule has 1 heterocycles. The molecule has 0 radical (unpaired) electrons. The summed E-state index contributed by atoms with van der Waals surface area (Å²) in [5.41, 5.74) is 2.80. The summed E-state index contributed by atoms with van der Waals surface area (Å²) in [4.78, 5) is 17.3. The molecule has 0 aliphatic heterocycles. The minimum atomic E-state index is -0.362. The summed E-state index contributed by atoms with van der Waals surface area (Å²) in [5, 5.41) is 0.483. The minimum absolute atomic E-state index is 0.109. The number of halogens is 2. The Balaban J connectivity index is 1.78. The molecule has 1 aromatic heterocycles. The summed E-state index contributed by atoms with van der Waals surface area (Å²) < 4.78 is 28.3. The van der Waals surface area contributed by atoms with Gasteiger partial charge in [0, 0.05) is 41.7 Å². The maximum atomic E-state index is 14.4. The Morgan fingerprint density at radius 1 is 1.19 bits per heavy atom. The van der Waals surface area contributed by atoms with Crippen molar-refractivity contribution < 1.29 is 13.6 Å². The van der Waals surface area contributed by atoms with Gasteiger partial charge in [-0.25, -0.2) is 8.78 Å². The molecule has 1 fully saturated rings. The number of fused-ring (bicyclic) bond motifs is 1. The average Bonchev–Trinajstić information content (AvgIpc) is 3.39. The molecule has 0 saturated heterocycles. The van der Waals surface area contributed by atoms with Crippen molar-refractivity contribution in [2.45, 2.75) is 26.3 Å². The molecule has 2 aromatic carbocycles. The molecule has 0 atom stereocenters. The standard InChI is InChI=1S/C21H20F2N2O/c1-2-25(21(26)13-6-7-13)12-14-10-15(22)8-9-16(14)17-11-24-19-5-3-4-18(23)20(17)19/h3-5,8-11,13,24H,2,6-7,12H2,1H3. The molecule has 5 heteroatoms. The first kappa shape index (κ1) is 16.8. The Morgan fingerprint density at radius 3 is 2.73 bits per heavy atom. The second kappa shape index (κ2) is 6.56. The first-order valence-electron chi connectivity index (χ1n) is 8.91. The number of hydrogen-bond acceptors (Lipinski definition) is 1. The fraction of sp³-hybridized carbons (Fsp3) is 0.286. The summed E-state index contributed by atoms with van der Waals surface area (Å²) in [7, 11) is 0. The van der Waals surface area contributed by atoms with Crippen molar-refractivity contribution in [2.24, 2.45) is 5.92 Å². The maximum Gasteiger partial charge on any atom is 0.225 e. The highest BCUT2D eigenvalue weighted by atomic mass is 19.1. The van der Waals surface area contributed by atoms with E-state index in [0.717, 1.165) is 18.4 Å². The van der Waals surface area contributed by atoms with Gasteiger partial charge < -0.3 is 9.88 Å². The van der Waals surface area contributed by atoms with E-state index in [2.05, 4.69) is 4.98 Å². The molecule has 3 aromatic rings. The molecule has 134 valence electrons. The SMILES string of the molecule is CCN(Cc1cc(F)ccc1-c1c[nH]c2cccc(F)c12)C(=O)C1CC1. The number of carbonyl (C=O) groups excluding carboxylic acids is 1. The lowest BCUT2D eigenvalue weighted by molar-refractivity contribution is -0.132. The van der Waals surface area contributed by atoms with Crippen LogP contribution in [0.5, 0.6) is 0 Å². The van der Waals surface area contributed by atoms with Crippen LogP contribution in [0.25, 0.3) is 22.0 Å². The summed E-state index contributed by atoms with van der Waals surface area (Å²) in [6.07, 6.45) is 3.60. The number of aromatic nitrogens is 1. The topological polar surface area (TPSA) is 36.1 Å². The average molecular weight is 354 g/mol. The highest BCUT2D eigenvalue weighted by molar-refractivity contribution is 5.96. The number of aromatic amines is 1. The zero-order valence-electron chi connectivity index (χ0n) is 14.6. The van der Waals surface area contributed by atoms with Gasteiger partial charge in [-0.2, -0.15) is 0 Å². The summed E-state index contributed by atoms with van der Waals surface area (Å²) in [6, 6.07) is 9.35. The van der Waals surface area contributed by atoms with E-state index in [4.69, 9.17) is 0 Å². The van der Waals surface area contributed by atoms with Gasteiger partial charge in [-0.15, -0.1) is 0 Å². The van der Waals surface area contributed by atoms with Gasteiger partial charge in [-0.1, -0.05) is 12.1 Å². The van der Waals surface area contributed by atoms with Crippen LogP contribution in [0.2, 0.25) is 0 Å². The predicted molar refractivity (Wildman–Crippen MR) is 97.5 cm³/mol. The summed E-state index contributed by atoms with van der Waals surface area (Å²) in [6.45, 7) is 2.80. The molecule has 1 aliphatic rings. The first-order chi connectivity index (χ1) is 12.6. The Morgan fingerprint density at radius 2 is 2.00 bits per heavy atom. The fourth-order valence-corrected chi connectivity index (χ4v) is 3.45. The molecular weight excluding hydrogens is 334 g/mol. The number of amides is 1. The van der Waals surface area contributed by atoms with E-state index in [0.29, 0.717) is 35.1 Å². The second-order valence-corrected chi connectivity index (χ2v) is 6.79. The van der Waals surface area contributed by atoms with Crippen LogP contribution in [0.3, 0.4) is 0 Å². The largest absolute Gasteiger partial charge is 0.360 e. The van der Waals surface area contributed by atoms with Crippen molar-refractivity contribution in [1.82, 2.24) is 9.88 Å². The number of H-pyrrole nitrogens is 1. The molecule has 0 spiro atoms. The van der Waals surface area contributed by atoms with Gasteiger partial charge in [0.1, 0.15) is 11.6 Å². The van der Waals surface area contributed by atoms with Gasteiger partial charge in [0.15, 0.2) is 0 Å². The van der Waals surface area contributed by atoms with Gasteiger partial charge in [0.05, 0.1) is 0 Å². The second-order valence-electron chi connectivity index (χ2n) is 6.79. The predicted octanol–water partition coefficient (Wildman–Crippen LogP) is 4.87. The zero-order valence-corrected chi connectivity index (χ0v) is 14.6. The molecule has 0 unspecified atom stereocenters. The lowest BCUT2D eigenvalue weighted by atomic mass is 9.98. The van der Waals surface area contributed by atoms with Crippen LogP contribution < -0.4 is 0 Å². The Hall–Kier alpha value is -2.69. The van der Waals surface area contributed by atoms with Crippen molar-refractivity contribution in [2.75, 3.05) is 6.54 Å². The van der Waals surface area contributed by atoms with E-state index in [1.807, 2.05) is 6.92 Å². The normalized spacial score (nSPS) is 14.0. The third-order valence-electron chi connectivity index (χ3n) is 4.99. The number of nitrogens with zero attached hydrogens (tertiary/aromatic N) is 1. The molecule has 1 saturated carbocycles. The van der Waals surface area contributed by atoms with E-state index >= 15 is 0 Å². The smallest absolute Gasteiger partial charge is 0.225 e. The number of nitrogens with one attached hydrogen (secondary N) is 1. The van der Waals surface area contributed by atoms with Crippen LogP contribution in [0.15, 0.2) is 42.6 Å². The van der Waals surface area contributed by atoms with Crippen LogP contribution in [0.4, 0.5) is 8.78 Å². The van der Waals surface area contributed by atoms with E-state index in [-0.39, 0.29) is 23.5 Å². The van der Waals surface area contributed by atoms with Gasteiger partial charge in [0.2, 0.25) is 5.91 Å². The van der Waals surface area contributed by atoms with Gasteiger partial charge >= 0.3 is 0 Å². The quantitative estimate of drug-likeness (QED) is 0.697. The van der Waals surface area contributed by atoms with Crippen LogP contribution >= 0.6 is 0 Å². The fourth-order valence-electron chi connectivity index (χ4n) is 3.45. The van der Waals surface area contributed by atoms with Crippen LogP contribution in [0, 0.1) is 17.6 Å². The van der Waals surface area contributed by atoms with Crippen molar-refractivity contribution in [1.29, 1.82) is 0 Å². The van der Waals surface area contributed by atoms with E-state index in [1.54, 1.807) is 29.3 Å². The Kier molecular flexibility index (Phi) is 4.23. The van der Waals surface area contributed by atoms with Crippen LogP contribution in [0.1, 0.15) is 25.3 Å². The highest BCUT2D eigenvalue weighted by Gasteiger charge is 2.33.